The number of hydrogen-bond donors (Lipinski definition) is 2. The number of carboxylic acids is 1. The molecule has 7 heteroatoms. The summed E-state index contributed by atoms with van der Waals surface area (Å²) < 4.78 is 5.46. The predicted molar refractivity (Wildman–Crippen MR) is 114 cm³/mol. The van der Waals surface area contributed by atoms with Crippen LogP contribution in [0, 0.1) is 13.8 Å². The number of fused-ring (bicyclic) bond motifs is 1. The Kier molecular flexibility index (Phi) is 6.28. The highest BCUT2D eigenvalue weighted by atomic mass is 35.5. The van der Waals surface area contributed by atoms with Crippen molar-refractivity contribution in [3.8, 4) is 11.5 Å². The van der Waals surface area contributed by atoms with Crippen LogP contribution in [-0.4, -0.2) is 23.6 Å². The maximum atomic E-state index is 12.3. The minimum atomic E-state index is -1.37. The van der Waals surface area contributed by atoms with Gasteiger partial charge >= 0.3 is 5.97 Å². The first-order valence-corrected chi connectivity index (χ1v) is 9.47. The van der Waals surface area contributed by atoms with Crippen LogP contribution in [0.25, 0.3) is 16.8 Å². The number of carbonyl (C=O) groups is 2. The largest absolute Gasteiger partial charge is 0.872 e. The molecule has 0 atom stereocenters. The molecule has 0 bridgehead atoms. The summed E-state index contributed by atoms with van der Waals surface area (Å²) in [5.41, 5.74) is 1.38. The number of rotatable bonds is 6. The van der Waals surface area contributed by atoms with E-state index < -0.39 is 24.2 Å². The van der Waals surface area contributed by atoms with Crippen molar-refractivity contribution in [2.45, 2.75) is 13.8 Å². The number of halogens is 1. The summed E-state index contributed by atoms with van der Waals surface area (Å²) >= 11 is 6.11. The van der Waals surface area contributed by atoms with E-state index in [-0.39, 0.29) is 11.3 Å². The van der Waals surface area contributed by atoms with Crippen LogP contribution in [0.5, 0.6) is 11.5 Å². The molecule has 0 aliphatic carbocycles. The van der Waals surface area contributed by atoms with Crippen molar-refractivity contribution in [1.82, 2.24) is 5.32 Å². The molecule has 0 fully saturated rings. The number of hydrogen-bond acceptors (Lipinski definition) is 4. The second-order valence-electron chi connectivity index (χ2n) is 6.77. The molecule has 154 valence electrons. The first kappa shape index (κ1) is 21.2. The molecule has 0 saturated heterocycles. The maximum Gasteiger partial charge on any atom is 0.352 e. The lowest BCUT2D eigenvalue weighted by molar-refractivity contribution is -0.268. The average Bonchev–Trinajstić information content (AvgIpc) is 2.71. The molecule has 6 nitrogen and oxygen atoms in total. The Balaban J connectivity index is 1.80. The van der Waals surface area contributed by atoms with E-state index in [9.17, 15) is 19.8 Å². The monoisotopic (exact) mass is 424 g/mol. The van der Waals surface area contributed by atoms with Crippen molar-refractivity contribution in [1.29, 1.82) is 0 Å². The third kappa shape index (κ3) is 4.72. The number of ether oxygens (including phenoxy) is 1. The zero-order chi connectivity index (χ0) is 21.8. The lowest BCUT2D eigenvalue weighted by Gasteiger charge is -2.15. The summed E-state index contributed by atoms with van der Waals surface area (Å²) in [4.78, 5) is 23.9. The third-order valence-corrected chi connectivity index (χ3v) is 5.10. The Hall–Kier alpha value is -3.51. The standard InChI is InChI=1S/C23H20ClNO5/c1-13-9-16(10-14(2)22(13)24)30-12-21(27)25-19(23(28)29)11-18-17-6-4-3-5-15(17)7-8-20(18)26/h3-11,26H,12H2,1-2H3,(H,25,27)(H,28,29)/p-1/b19-11+. The van der Waals surface area contributed by atoms with E-state index in [0.717, 1.165) is 16.5 Å². The van der Waals surface area contributed by atoms with Gasteiger partial charge in [-0.1, -0.05) is 48.0 Å². The molecule has 1 amide bonds. The van der Waals surface area contributed by atoms with Gasteiger partial charge in [0.15, 0.2) is 6.61 Å². The second-order valence-corrected chi connectivity index (χ2v) is 7.15. The van der Waals surface area contributed by atoms with Gasteiger partial charge in [-0.15, -0.1) is 5.75 Å². The first-order chi connectivity index (χ1) is 14.3. The van der Waals surface area contributed by atoms with Crippen molar-refractivity contribution in [2.75, 3.05) is 6.61 Å². The van der Waals surface area contributed by atoms with Crippen LogP contribution in [0.4, 0.5) is 0 Å². The van der Waals surface area contributed by atoms with E-state index in [1.54, 1.807) is 30.3 Å². The van der Waals surface area contributed by atoms with Gasteiger partial charge in [0.05, 0.1) is 0 Å². The number of nitrogens with one attached hydrogen (secondary N) is 1. The molecule has 0 unspecified atom stereocenters. The smallest absolute Gasteiger partial charge is 0.352 e. The van der Waals surface area contributed by atoms with Crippen LogP contribution in [0.2, 0.25) is 5.02 Å². The quantitative estimate of drug-likeness (QED) is 0.586. The number of carboxylic acid groups (broad SMARTS) is 1. The molecular weight excluding hydrogens is 406 g/mol. The van der Waals surface area contributed by atoms with E-state index in [4.69, 9.17) is 16.3 Å². The van der Waals surface area contributed by atoms with Crippen molar-refractivity contribution < 1.29 is 24.5 Å². The molecular formula is C23H19ClNO5-. The van der Waals surface area contributed by atoms with Gasteiger partial charge in [-0.3, -0.25) is 4.79 Å². The van der Waals surface area contributed by atoms with Crippen molar-refractivity contribution in [3.05, 3.63) is 75.9 Å². The zero-order valence-electron chi connectivity index (χ0n) is 16.4. The molecule has 0 aromatic heterocycles. The Labute approximate surface area is 178 Å². The van der Waals surface area contributed by atoms with E-state index in [0.29, 0.717) is 16.2 Å². The molecule has 3 aromatic carbocycles. The molecule has 0 radical (unpaired) electrons. The van der Waals surface area contributed by atoms with Crippen molar-refractivity contribution in [2.24, 2.45) is 0 Å². The molecule has 0 saturated carbocycles. The fourth-order valence-electron chi connectivity index (χ4n) is 3.04. The number of carbonyl (C=O) groups excluding carboxylic acids is 1. The topological polar surface area (TPSA) is 98.7 Å². The van der Waals surface area contributed by atoms with Crippen LogP contribution in [-0.2, 0) is 9.59 Å². The van der Waals surface area contributed by atoms with E-state index in [2.05, 4.69) is 5.32 Å². The van der Waals surface area contributed by atoms with Gasteiger partial charge in [-0.05, 0) is 59.5 Å². The van der Waals surface area contributed by atoms with Gasteiger partial charge in [-0.2, -0.15) is 0 Å². The van der Waals surface area contributed by atoms with Gasteiger partial charge in [0.25, 0.3) is 5.91 Å². The highest BCUT2D eigenvalue weighted by Crippen LogP contribution is 2.28. The van der Waals surface area contributed by atoms with Crippen LogP contribution in [0.15, 0.2) is 54.2 Å². The molecule has 0 aliphatic heterocycles. The number of aliphatic carboxylic acids is 1. The van der Waals surface area contributed by atoms with Crippen LogP contribution < -0.4 is 15.2 Å². The predicted octanol–water partition coefficient (Wildman–Crippen LogP) is 3.80. The lowest BCUT2D eigenvalue weighted by atomic mass is 10.0. The Morgan fingerprint density at radius 2 is 1.80 bits per heavy atom. The fraction of sp³-hybridized carbons (Fsp3) is 0.130. The van der Waals surface area contributed by atoms with Gasteiger partial charge in [0, 0.05) is 5.02 Å². The SMILES string of the molecule is Cc1cc(OCC(=O)N/C(=C/c2c([O-])ccc3ccccc23)C(=O)O)cc(C)c1Cl. The second kappa shape index (κ2) is 8.88. The lowest BCUT2D eigenvalue weighted by Crippen LogP contribution is -2.31. The molecule has 0 heterocycles. The maximum absolute atomic E-state index is 12.3. The van der Waals surface area contributed by atoms with Gasteiger partial charge in [0.2, 0.25) is 0 Å². The summed E-state index contributed by atoms with van der Waals surface area (Å²) in [5, 5.41) is 26.1. The molecule has 30 heavy (non-hydrogen) atoms. The summed E-state index contributed by atoms with van der Waals surface area (Å²) in [6.45, 7) is 3.24. The first-order valence-electron chi connectivity index (χ1n) is 9.09. The molecule has 2 N–H and O–H groups in total. The van der Waals surface area contributed by atoms with Gasteiger partial charge < -0.3 is 20.3 Å². The molecule has 3 rings (SSSR count). The van der Waals surface area contributed by atoms with E-state index in [1.807, 2.05) is 26.0 Å². The minimum absolute atomic E-state index is 0.190. The third-order valence-electron chi connectivity index (χ3n) is 4.50. The summed E-state index contributed by atoms with van der Waals surface area (Å²) in [6, 6.07) is 13.5. The fourth-order valence-corrected chi connectivity index (χ4v) is 3.15. The van der Waals surface area contributed by atoms with E-state index >= 15 is 0 Å². The highest BCUT2D eigenvalue weighted by molar-refractivity contribution is 6.32. The minimum Gasteiger partial charge on any atom is -0.872 e. The van der Waals surface area contributed by atoms with Crippen LogP contribution in [0.3, 0.4) is 0 Å². The Morgan fingerprint density at radius 1 is 1.13 bits per heavy atom. The normalized spacial score (nSPS) is 11.4. The van der Waals surface area contributed by atoms with Crippen LogP contribution in [0.1, 0.15) is 16.7 Å². The summed E-state index contributed by atoms with van der Waals surface area (Å²) in [5.74, 6) is -1.93. The highest BCUT2D eigenvalue weighted by Gasteiger charge is 2.14. The zero-order valence-corrected chi connectivity index (χ0v) is 17.1. The molecule has 3 aromatic rings. The van der Waals surface area contributed by atoms with Gasteiger partial charge in [-0.25, -0.2) is 4.79 Å². The van der Waals surface area contributed by atoms with Crippen molar-refractivity contribution in [3.63, 3.8) is 0 Å². The van der Waals surface area contributed by atoms with E-state index in [1.165, 1.54) is 12.1 Å². The summed E-state index contributed by atoms with van der Waals surface area (Å²) in [7, 11) is 0. The number of benzene rings is 3. The number of amides is 1. The number of aryl methyl sites for hydroxylation is 2. The summed E-state index contributed by atoms with van der Waals surface area (Å²) in [6.07, 6.45) is 1.17. The average molecular weight is 425 g/mol. The van der Waals surface area contributed by atoms with Crippen LogP contribution >= 0.6 is 11.6 Å². The molecule has 0 spiro atoms. The Bertz CT molecular complexity index is 1150. The molecule has 0 aliphatic rings. The van der Waals surface area contributed by atoms with Crippen molar-refractivity contribution >= 4 is 40.3 Å². The Morgan fingerprint density at radius 3 is 2.47 bits per heavy atom. The van der Waals surface area contributed by atoms with Gasteiger partial charge in [0.1, 0.15) is 11.4 Å².